The van der Waals surface area contributed by atoms with Gasteiger partial charge in [0.25, 0.3) is 0 Å². The van der Waals surface area contributed by atoms with Gasteiger partial charge in [0.15, 0.2) is 0 Å². The summed E-state index contributed by atoms with van der Waals surface area (Å²) in [5, 5.41) is 1.84. The Bertz CT molecular complexity index is 669. The molecule has 0 N–H and O–H groups in total. The molecule has 0 radical (unpaired) electrons. The van der Waals surface area contributed by atoms with Gasteiger partial charge < -0.3 is 4.74 Å². The van der Waals surface area contributed by atoms with E-state index in [4.69, 9.17) is 4.74 Å². The van der Waals surface area contributed by atoms with Gasteiger partial charge in [-0.25, -0.2) is 4.79 Å². The second-order valence-corrected chi connectivity index (χ2v) is 5.16. The van der Waals surface area contributed by atoms with Crippen molar-refractivity contribution in [1.29, 1.82) is 0 Å². The van der Waals surface area contributed by atoms with Crippen LogP contribution in [-0.4, -0.2) is 13.1 Å². The van der Waals surface area contributed by atoms with E-state index in [1.54, 1.807) is 11.8 Å². The molecule has 1 heterocycles. The number of halogens is 1. The predicted molar refractivity (Wildman–Crippen MR) is 86.5 cm³/mol. The molecule has 0 amide bonds. The second kappa shape index (κ2) is 6.16. The number of methoxy groups -OCH3 is 1. The Kier molecular flexibility index (Phi) is 4.53. The molecular weight excluding hydrogens is 292 g/mol. The highest BCUT2D eigenvalue weighted by Crippen LogP contribution is 2.37. The fourth-order valence-corrected chi connectivity index (χ4v) is 2.93. The van der Waals surface area contributed by atoms with E-state index < -0.39 is 0 Å². The molecule has 0 saturated heterocycles. The summed E-state index contributed by atoms with van der Waals surface area (Å²) in [4.78, 5) is 12.7. The lowest BCUT2D eigenvalue weighted by Gasteiger charge is -2.12. The first-order chi connectivity index (χ1) is 9.28. The van der Waals surface area contributed by atoms with Crippen molar-refractivity contribution >= 4 is 42.3 Å². The van der Waals surface area contributed by atoms with Crippen LogP contribution in [0.3, 0.4) is 0 Å². The molecule has 1 aliphatic carbocycles. The molecule has 0 saturated carbocycles. The number of hydrogen-bond acceptors (Lipinski definition) is 3. The minimum Gasteiger partial charge on any atom is -0.465 e. The number of allylic oxidation sites excluding steroid dienone is 2. The van der Waals surface area contributed by atoms with Gasteiger partial charge in [0.05, 0.1) is 12.7 Å². The van der Waals surface area contributed by atoms with Gasteiger partial charge in [-0.1, -0.05) is 48.2 Å². The van der Waals surface area contributed by atoms with E-state index in [2.05, 4.69) is 24.3 Å². The van der Waals surface area contributed by atoms with Gasteiger partial charge in [0.1, 0.15) is 0 Å². The Hall–Kier alpha value is -1.71. The summed E-state index contributed by atoms with van der Waals surface area (Å²) in [6.07, 6.45) is 8.14. The van der Waals surface area contributed by atoms with Crippen molar-refractivity contribution in [2.24, 2.45) is 0 Å². The summed E-state index contributed by atoms with van der Waals surface area (Å²) in [6, 6.07) is 8.23. The molecule has 2 aliphatic rings. The smallest absolute Gasteiger partial charge is 0.338 e. The Labute approximate surface area is 128 Å². The molecule has 0 unspecified atom stereocenters. The van der Waals surface area contributed by atoms with Crippen molar-refractivity contribution in [2.45, 2.75) is 0 Å². The third-order valence-electron chi connectivity index (χ3n) is 3.05. The summed E-state index contributed by atoms with van der Waals surface area (Å²) >= 11 is 1.55. The van der Waals surface area contributed by atoms with Gasteiger partial charge >= 0.3 is 5.97 Å². The van der Waals surface area contributed by atoms with Crippen LogP contribution in [0.5, 0.6) is 0 Å². The monoisotopic (exact) mass is 304 g/mol. The molecule has 0 bridgehead atoms. The molecule has 0 atom stereocenters. The zero-order valence-electron chi connectivity index (χ0n) is 10.8. The normalized spacial score (nSPS) is 15.6. The summed E-state index contributed by atoms with van der Waals surface area (Å²) in [6.45, 7) is 0. The van der Waals surface area contributed by atoms with E-state index in [-0.39, 0.29) is 18.4 Å². The van der Waals surface area contributed by atoms with E-state index in [0.29, 0.717) is 5.57 Å². The van der Waals surface area contributed by atoms with Gasteiger partial charge in [-0.3, -0.25) is 0 Å². The topological polar surface area (TPSA) is 26.3 Å². The van der Waals surface area contributed by atoms with Crippen LogP contribution in [0.1, 0.15) is 11.1 Å². The number of thioether (sulfide) groups is 1. The van der Waals surface area contributed by atoms with Crippen LogP contribution in [-0.2, 0) is 9.53 Å². The van der Waals surface area contributed by atoms with Crippen molar-refractivity contribution in [1.82, 2.24) is 0 Å². The van der Waals surface area contributed by atoms with Crippen molar-refractivity contribution in [2.75, 3.05) is 7.11 Å². The third kappa shape index (κ3) is 2.74. The fraction of sp³-hybridized carbons (Fsp3) is 0.0625. The van der Waals surface area contributed by atoms with Crippen LogP contribution >= 0.6 is 24.2 Å². The fourth-order valence-electron chi connectivity index (χ4n) is 2.06. The van der Waals surface area contributed by atoms with Crippen molar-refractivity contribution in [3.05, 3.63) is 69.0 Å². The number of hydrogen-bond donors (Lipinski definition) is 0. The van der Waals surface area contributed by atoms with Crippen LogP contribution in [0.4, 0.5) is 0 Å². The number of esters is 1. The molecular formula is C16H13ClO2S. The van der Waals surface area contributed by atoms with E-state index in [1.165, 1.54) is 18.2 Å². The predicted octanol–water partition coefficient (Wildman–Crippen LogP) is 4.21. The molecule has 1 aromatic rings. The molecule has 0 fully saturated rings. The molecule has 1 aliphatic heterocycles. The van der Waals surface area contributed by atoms with Crippen LogP contribution in [0.15, 0.2) is 57.9 Å². The molecule has 20 heavy (non-hydrogen) atoms. The largest absolute Gasteiger partial charge is 0.465 e. The van der Waals surface area contributed by atoms with Gasteiger partial charge in [-0.2, -0.15) is 0 Å². The van der Waals surface area contributed by atoms with Gasteiger partial charge in [0.2, 0.25) is 0 Å². The number of carbonyl (C=O) groups excluding carboxylic acids is 1. The molecule has 2 nitrogen and oxygen atoms in total. The van der Waals surface area contributed by atoms with Gasteiger partial charge in [0, 0.05) is 4.91 Å². The number of benzene rings is 1. The minimum absolute atomic E-state index is 0. The molecule has 1 aromatic carbocycles. The lowest BCUT2D eigenvalue weighted by molar-refractivity contribution is -0.135. The molecule has 0 spiro atoms. The SMILES string of the molecule is COC(=O)C1=CSC2=Cc3ccccc3C=CC2=C1.Cl. The summed E-state index contributed by atoms with van der Waals surface area (Å²) in [5.41, 5.74) is 4.02. The van der Waals surface area contributed by atoms with Crippen LogP contribution in [0, 0.1) is 0 Å². The van der Waals surface area contributed by atoms with Gasteiger partial charge in [-0.05, 0) is 34.3 Å². The first-order valence-electron chi connectivity index (χ1n) is 5.94. The average Bonchev–Trinajstić information content (AvgIpc) is 2.64. The van der Waals surface area contributed by atoms with Crippen molar-refractivity contribution < 1.29 is 9.53 Å². The second-order valence-electron chi connectivity index (χ2n) is 4.25. The van der Waals surface area contributed by atoms with Crippen LogP contribution in [0.25, 0.3) is 12.2 Å². The maximum atomic E-state index is 11.6. The average molecular weight is 305 g/mol. The van der Waals surface area contributed by atoms with Crippen LogP contribution in [0.2, 0.25) is 0 Å². The summed E-state index contributed by atoms with van der Waals surface area (Å²) in [5.74, 6) is -0.297. The molecule has 0 aromatic heterocycles. The highest BCUT2D eigenvalue weighted by Gasteiger charge is 2.17. The zero-order chi connectivity index (χ0) is 13.2. The standard InChI is InChI=1S/C16H12O2S.ClH/c1-18-16(17)14-8-13-7-6-11-4-2-3-5-12(11)9-15(13)19-10-14;/h2-10H,1H3;1H. The Morgan fingerprint density at radius 3 is 2.60 bits per heavy atom. The maximum Gasteiger partial charge on any atom is 0.338 e. The number of carbonyl (C=O) groups is 1. The molecule has 4 heteroatoms. The first-order valence-corrected chi connectivity index (χ1v) is 6.82. The quantitative estimate of drug-likeness (QED) is 0.727. The summed E-state index contributed by atoms with van der Waals surface area (Å²) in [7, 11) is 1.40. The number of rotatable bonds is 1. The molecule has 102 valence electrons. The van der Waals surface area contributed by atoms with E-state index in [0.717, 1.165) is 10.5 Å². The van der Waals surface area contributed by atoms with Gasteiger partial charge in [-0.15, -0.1) is 12.4 Å². The lowest BCUT2D eigenvalue weighted by Crippen LogP contribution is -2.05. The zero-order valence-corrected chi connectivity index (χ0v) is 12.5. The third-order valence-corrected chi connectivity index (χ3v) is 4.03. The Balaban J connectivity index is 0.00000147. The minimum atomic E-state index is -0.297. The van der Waals surface area contributed by atoms with E-state index in [9.17, 15) is 4.79 Å². The Morgan fingerprint density at radius 2 is 1.85 bits per heavy atom. The highest BCUT2D eigenvalue weighted by molar-refractivity contribution is 8.06. The van der Waals surface area contributed by atoms with Crippen molar-refractivity contribution in [3.8, 4) is 0 Å². The van der Waals surface area contributed by atoms with Crippen molar-refractivity contribution in [3.63, 3.8) is 0 Å². The van der Waals surface area contributed by atoms with E-state index in [1.807, 2.05) is 29.7 Å². The van der Waals surface area contributed by atoms with E-state index >= 15 is 0 Å². The molecule has 3 rings (SSSR count). The maximum absolute atomic E-state index is 11.6. The lowest BCUT2D eigenvalue weighted by atomic mass is 10.1. The highest BCUT2D eigenvalue weighted by atomic mass is 35.5. The number of ether oxygens (including phenoxy) is 1. The summed E-state index contributed by atoms with van der Waals surface area (Å²) < 4.78 is 4.75. The number of fused-ring (bicyclic) bond motifs is 2. The Morgan fingerprint density at radius 1 is 1.10 bits per heavy atom. The first kappa shape index (κ1) is 14.7. The van der Waals surface area contributed by atoms with Crippen LogP contribution < -0.4 is 0 Å².